The fourth-order valence-corrected chi connectivity index (χ4v) is 3.31. The van der Waals surface area contributed by atoms with Gasteiger partial charge < -0.3 is 15.5 Å². The predicted molar refractivity (Wildman–Crippen MR) is 92.4 cm³/mol. The summed E-state index contributed by atoms with van der Waals surface area (Å²) >= 11 is 0. The number of hydrogen-bond donors (Lipinski definition) is 2. The molecule has 1 heterocycles. The second-order valence-electron chi connectivity index (χ2n) is 6.33. The highest BCUT2D eigenvalue weighted by molar-refractivity contribution is 5.88. The molecule has 122 valence electrons. The van der Waals surface area contributed by atoms with Crippen molar-refractivity contribution in [2.45, 2.75) is 39.0 Å². The van der Waals surface area contributed by atoms with Gasteiger partial charge in [0, 0.05) is 12.6 Å². The second kappa shape index (κ2) is 8.30. The zero-order valence-electron chi connectivity index (χ0n) is 14.1. The predicted octanol–water partition coefficient (Wildman–Crippen LogP) is 2.74. The first kappa shape index (κ1) is 17.0. The zero-order valence-corrected chi connectivity index (χ0v) is 14.1. The highest BCUT2D eigenvalue weighted by Gasteiger charge is 2.21. The maximum atomic E-state index is 11.2. The van der Waals surface area contributed by atoms with Gasteiger partial charge in [0.2, 0.25) is 5.91 Å². The summed E-state index contributed by atoms with van der Waals surface area (Å²) < 4.78 is 0. The van der Waals surface area contributed by atoms with E-state index in [2.05, 4.69) is 34.6 Å². The van der Waals surface area contributed by atoms with Crippen molar-refractivity contribution in [2.24, 2.45) is 0 Å². The van der Waals surface area contributed by atoms with Crippen molar-refractivity contribution >= 4 is 11.6 Å². The number of hydrogen-bond acceptors (Lipinski definition) is 3. The average Bonchev–Trinajstić information content (AvgIpc) is 2.50. The summed E-state index contributed by atoms with van der Waals surface area (Å²) in [5, 5.41) is 6.11. The van der Waals surface area contributed by atoms with Crippen LogP contribution in [-0.4, -0.2) is 44.0 Å². The SMILES string of the molecule is CNCCCN1CCC(c2cc(NC(C)=O)ccc2C)CC1. The van der Waals surface area contributed by atoms with Crippen LogP contribution in [0.4, 0.5) is 5.69 Å². The Hall–Kier alpha value is -1.39. The number of likely N-dealkylation sites (tertiary alicyclic amines) is 1. The summed E-state index contributed by atoms with van der Waals surface area (Å²) in [5.41, 5.74) is 3.66. The summed E-state index contributed by atoms with van der Waals surface area (Å²) in [5.74, 6) is 0.614. The highest BCUT2D eigenvalue weighted by atomic mass is 16.1. The van der Waals surface area contributed by atoms with E-state index >= 15 is 0 Å². The number of amides is 1. The molecule has 1 amide bonds. The maximum Gasteiger partial charge on any atom is 0.221 e. The number of carbonyl (C=O) groups is 1. The second-order valence-corrected chi connectivity index (χ2v) is 6.33. The molecule has 1 aromatic rings. The van der Waals surface area contributed by atoms with Gasteiger partial charge in [-0.15, -0.1) is 0 Å². The number of benzene rings is 1. The highest BCUT2D eigenvalue weighted by Crippen LogP contribution is 2.32. The van der Waals surface area contributed by atoms with Crippen molar-refractivity contribution in [3.05, 3.63) is 29.3 Å². The van der Waals surface area contributed by atoms with Crippen molar-refractivity contribution in [3.8, 4) is 0 Å². The minimum Gasteiger partial charge on any atom is -0.326 e. The minimum atomic E-state index is -0.00541. The Labute approximate surface area is 134 Å². The van der Waals surface area contributed by atoms with Crippen LogP contribution in [0.2, 0.25) is 0 Å². The van der Waals surface area contributed by atoms with Crippen LogP contribution in [0.25, 0.3) is 0 Å². The summed E-state index contributed by atoms with van der Waals surface area (Å²) in [7, 11) is 2.01. The molecule has 1 aliphatic rings. The van der Waals surface area contributed by atoms with Crippen LogP contribution in [0.3, 0.4) is 0 Å². The number of nitrogens with zero attached hydrogens (tertiary/aromatic N) is 1. The van der Waals surface area contributed by atoms with E-state index in [4.69, 9.17) is 0 Å². The first-order valence-corrected chi connectivity index (χ1v) is 8.35. The van der Waals surface area contributed by atoms with E-state index in [1.165, 1.54) is 50.0 Å². The van der Waals surface area contributed by atoms with Crippen molar-refractivity contribution in [1.29, 1.82) is 0 Å². The van der Waals surface area contributed by atoms with E-state index in [0.29, 0.717) is 5.92 Å². The molecule has 2 rings (SSSR count). The molecule has 1 aromatic carbocycles. The number of carbonyl (C=O) groups excluding carboxylic acids is 1. The molecule has 1 aliphatic heterocycles. The molecule has 0 bridgehead atoms. The largest absolute Gasteiger partial charge is 0.326 e. The van der Waals surface area contributed by atoms with Crippen molar-refractivity contribution in [2.75, 3.05) is 38.5 Å². The van der Waals surface area contributed by atoms with Gasteiger partial charge in [0.05, 0.1) is 0 Å². The van der Waals surface area contributed by atoms with Crippen LogP contribution < -0.4 is 10.6 Å². The lowest BCUT2D eigenvalue weighted by atomic mass is 9.86. The van der Waals surface area contributed by atoms with E-state index in [1.807, 2.05) is 13.1 Å². The topological polar surface area (TPSA) is 44.4 Å². The van der Waals surface area contributed by atoms with Crippen molar-refractivity contribution < 1.29 is 4.79 Å². The van der Waals surface area contributed by atoms with Gasteiger partial charge in [0.1, 0.15) is 0 Å². The van der Waals surface area contributed by atoms with Gasteiger partial charge in [-0.05, 0) is 88.6 Å². The van der Waals surface area contributed by atoms with Crippen LogP contribution in [0.1, 0.15) is 43.2 Å². The van der Waals surface area contributed by atoms with Crippen LogP contribution >= 0.6 is 0 Å². The third-order valence-corrected chi connectivity index (χ3v) is 4.53. The molecule has 22 heavy (non-hydrogen) atoms. The summed E-state index contributed by atoms with van der Waals surface area (Å²) in [6.07, 6.45) is 3.64. The normalized spacial score (nSPS) is 16.7. The molecular weight excluding hydrogens is 274 g/mol. The molecule has 4 heteroatoms. The summed E-state index contributed by atoms with van der Waals surface area (Å²) in [4.78, 5) is 13.8. The lowest BCUT2D eigenvalue weighted by Gasteiger charge is -2.33. The number of anilines is 1. The van der Waals surface area contributed by atoms with Crippen LogP contribution in [0.15, 0.2) is 18.2 Å². The third kappa shape index (κ3) is 4.82. The first-order chi connectivity index (χ1) is 10.6. The van der Waals surface area contributed by atoms with E-state index < -0.39 is 0 Å². The van der Waals surface area contributed by atoms with Gasteiger partial charge in [-0.3, -0.25) is 4.79 Å². The van der Waals surface area contributed by atoms with Crippen molar-refractivity contribution in [3.63, 3.8) is 0 Å². The Balaban J connectivity index is 1.94. The monoisotopic (exact) mass is 303 g/mol. The fourth-order valence-electron chi connectivity index (χ4n) is 3.31. The smallest absolute Gasteiger partial charge is 0.221 e. The van der Waals surface area contributed by atoms with Gasteiger partial charge in [-0.2, -0.15) is 0 Å². The van der Waals surface area contributed by atoms with Gasteiger partial charge in [-0.1, -0.05) is 6.07 Å². The molecule has 4 nitrogen and oxygen atoms in total. The number of piperidine rings is 1. The molecular formula is C18H29N3O. The molecule has 0 atom stereocenters. The molecule has 0 radical (unpaired) electrons. The van der Waals surface area contributed by atoms with E-state index in [1.54, 1.807) is 6.92 Å². The van der Waals surface area contributed by atoms with Crippen LogP contribution in [0.5, 0.6) is 0 Å². The molecule has 0 spiro atoms. The van der Waals surface area contributed by atoms with Crippen molar-refractivity contribution in [1.82, 2.24) is 10.2 Å². The summed E-state index contributed by atoms with van der Waals surface area (Å²) in [6, 6.07) is 6.28. The average molecular weight is 303 g/mol. The van der Waals surface area contributed by atoms with Crippen LogP contribution in [-0.2, 0) is 4.79 Å². The first-order valence-electron chi connectivity index (χ1n) is 8.35. The van der Waals surface area contributed by atoms with Gasteiger partial charge in [-0.25, -0.2) is 0 Å². The molecule has 1 fully saturated rings. The van der Waals surface area contributed by atoms with E-state index in [-0.39, 0.29) is 5.91 Å². The summed E-state index contributed by atoms with van der Waals surface area (Å²) in [6.45, 7) is 8.38. The Kier molecular flexibility index (Phi) is 6.40. The molecule has 0 unspecified atom stereocenters. The number of nitrogens with one attached hydrogen (secondary N) is 2. The molecule has 1 saturated heterocycles. The lowest BCUT2D eigenvalue weighted by Crippen LogP contribution is -2.34. The Morgan fingerprint density at radius 3 is 2.68 bits per heavy atom. The molecule has 0 aliphatic carbocycles. The van der Waals surface area contributed by atoms with Gasteiger partial charge in [0.15, 0.2) is 0 Å². The lowest BCUT2D eigenvalue weighted by molar-refractivity contribution is -0.114. The van der Waals surface area contributed by atoms with Crippen LogP contribution in [0, 0.1) is 6.92 Å². The van der Waals surface area contributed by atoms with E-state index in [0.717, 1.165) is 12.2 Å². The van der Waals surface area contributed by atoms with Gasteiger partial charge >= 0.3 is 0 Å². The Bertz CT molecular complexity index is 493. The molecule has 0 aromatic heterocycles. The third-order valence-electron chi connectivity index (χ3n) is 4.53. The molecule has 0 saturated carbocycles. The fraction of sp³-hybridized carbons (Fsp3) is 0.611. The zero-order chi connectivity index (χ0) is 15.9. The number of rotatable bonds is 6. The maximum absolute atomic E-state index is 11.2. The quantitative estimate of drug-likeness (QED) is 0.794. The van der Waals surface area contributed by atoms with Gasteiger partial charge in [0.25, 0.3) is 0 Å². The van der Waals surface area contributed by atoms with E-state index in [9.17, 15) is 4.79 Å². The minimum absolute atomic E-state index is 0.00541. The standard InChI is InChI=1S/C18H29N3O/c1-14-5-6-17(20-15(2)22)13-18(14)16-7-11-21(12-8-16)10-4-9-19-3/h5-6,13,16,19H,4,7-12H2,1-3H3,(H,20,22). The molecule has 2 N–H and O–H groups in total. The number of aryl methyl sites for hydroxylation is 1. The Morgan fingerprint density at radius 2 is 2.05 bits per heavy atom. The Morgan fingerprint density at radius 1 is 1.32 bits per heavy atom.